The van der Waals surface area contributed by atoms with Crippen molar-refractivity contribution in [3.8, 4) is 0 Å². The summed E-state index contributed by atoms with van der Waals surface area (Å²) in [7, 11) is 0. The van der Waals surface area contributed by atoms with E-state index in [9.17, 15) is 9.59 Å². The smallest absolute Gasteiger partial charge is 0.306 e. The van der Waals surface area contributed by atoms with Crippen molar-refractivity contribution in [3.63, 3.8) is 0 Å². The number of hydrogen-bond acceptors (Lipinski definition) is 3. The molecule has 5 heteroatoms. The standard InChI is InChI=1S/C14H26N2O3/c1-3-10(2)16-13(17)7-8-15-12-6-4-5-11(9-12)14(18)19/h10-12,15H,3-9H2,1-2H3,(H,16,17)(H,18,19). The third kappa shape index (κ3) is 6.05. The molecule has 0 bridgehead atoms. The second-order valence-corrected chi connectivity index (χ2v) is 5.48. The largest absolute Gasteiger partial charge is 0.481 e. The van der Waals surface area contributed by atoms with Crippen LogP contribution in [0.4, 0.5) is 0 Å². The molecule has 0 aliphatic heterocycles. The Balaban J connectivity index is 2.18. The number of rotatable bonds is 7. The molecule has 0 saturated heterocycles. The molecule has 1 fully saturated rings. The number of hydrogen-bond donors (Lipinski definition) is 3. The van der Waals surface area contributed by atoms with E-state index >= 15 is 0 Å². The zero-order chi connectivity index (χ0) is 14.3. The van der Waals surface area contributed by atoms with Gasteiger partial charge in [-0.1, -0.05) is 13.3 Å². The Morgan fingerprint density at radius 3 is 2.74 bits per heavy atom. The number of carboxylic acids is 1. The van der Waals surface area contributed by atoms with Gasteiger partial charge in [0.05, 0.1) is 5.92 Å². The molecule has 3 N–H and O–H groups in total. The van der Waals surface area contributed by atoms with Crippen LogP contribution in [0.25, 0.3) is 0 Å². The first-order valence-corrected chi connectivity index (χ1v) is 7.28. The maximum atomic E-state index is 11.6. The Morgan fingerprint density at radius 2 is 2.11 bits per heavy atom. The van der Waals surface area contributed by atoms with Crippen molar-refractivity contribution in [2.75, 3.05) is 6.54 Å². The summed E-state index contributed by atoms with van der Waals surface area (Å²) in [4.78, 5) is 22.5. The van der Waals surface area contributed by atoms with Gasteiger partial charge in [0.15, 0.2) is 0 Å². The molecule has 1 amide bonds. The van der Waals surface area contributed by atoms with Crippen molar-refractivity contribution in [2.45, 2.75) is 64.5 Å². The molecule has 1 aliphatic rings. The third-order valence-electron chi connectivity index (χ3n) is 3.83. The summed E-state index contributed by atoms with van der Waals surface area (Å²) in [5.41, 5.74) is 0. The van der Waals surface area contributed by atoms with Crippen molar-refractivity contribution >= 4 is 11.9 Å². The van der Waals surface area contributed by atoms with Gasteiger partial charge in [-0.15, -0.1) is 0 Å². The van der Waals surface area contributed by atoms with Crippen LogP contribution in [-0.2, 0) is 9.59 Å². The highest BCUT2D eigenvalue weighted by Gasteiger charge is 2.26. The molecule has 0 aromatic carbocycles. The summed E-state index contributed by atoms with van der Waals surface area (Å²) in [6.45, 7) is 4.65. The zero-order valence-electron chi connectivity index (χ0n) is 11.9. The quantitative estimate of drug-likeness (QED) is 0.655. The molecule has 3 unspecified atom stereocenters. The average Bonchev–Trinajstić information content (AvgIpc) is 2.38. The number of carbonyl (C=O) groups is 2. The van der Waals surface area contributed by atoms with Crippen LogP contribution in [0.3, 0.4) is 0 Å². The van der Waals surface area contributed by atoms with Crippen molar-refractivity contribution in [1.29, 1.82) is 0 Å². The molecule has 1 saturated carbocycles. The molecule has 3 atom stereocenters. The number of aliphatic carboxylic acids is 1. The van der Waals surface area contributed by atoms with E-state index in [0.717, 1.165) is 25.7 Å². The topological polar surface area (TPSA) is 78.4 Å². The van der Waals surface area contributed by atoms with Crippen LogP contribution < -0.4 is 10.6 Å². The lowest BCUT2D eigenvalue weighted by Gasteiger charge is -2.27. The second-order valence-electron chi connectivity index (χ2n) is 5.48. The van der Waals surface area contributed by atoms with E-state index in [0.29, 0.717) is 19.4 Å². The van der Waals surface area contributed by atoms with Crippen LogP contribution in [-0.4, -0.2) is 35.6 Å². The van der Waals surface area contributed by atoms with E-state index in [1.54, 1.807) is 0 Å². The monoisotopic (exact) mass is 270 g/mol. The summed E-state index contributed by atoms with van der Waals surface area (Å²) in [6.07, 6.45) is 4.81. The summed E-state index contributed by atoms with van der Waals surface area (Å²) in [6, 6.07) is 0.463. The van der Waals surface area contributed by atoms with Crippen LogP contribution >= 0.6 is 0 Å². The minimum Gasteiger partial charge on any atom is -0.481 e. The molecule has 5 nitrogen and oxygen atoms in total. The van der Waals surface area contributed by atoms with Crippen molar-refractivity contribution in [3.05, 3.63) is 0 Å². The SMILES string of the molecule is CCC(C)NC(=O)CCNC1CCCC(C(=O)O)C1. The molecule has 0 heterocycles. The van der Waals surface area contributed by atoms with E-state index in [4.69, 9.17) is 5.11 Å². The second kappa shape index (κ2) is 8.15. The van der Waals surface area contributed by atoms with Crippen LogP contribution in [0.5, 0.6) is 0 Å². The lowest BCUT2D eigenvalue weighted by molar-refractivity contribution is -0.143. The van der Waals surface area contributed by atoms with E-state index in [1.165, 1.54) is 0 Å². The Labute approximate surface area is 115 Å². The Hall–Kier alpha value is -1.10. The van der Waals surface area contributed by atoms with Crippen LogP contribution in [0.15, 0.2) is 0 Å². The van der Waals surface area contributed by atoms with Crippen LogP contribution in [0.2, 0.25) is 0 Å². The van der Waals surface area contributed by atoms with Gasteiger partial charge in [0, 0.05) is 25.0 Å². The minimum atomic E-state index is -0.694. The highest BCUT2D eigenvalue weighted by atomic mass is 16.4. The molecule has 0 aromatic heterocycles. The molecule has 0 aromatic rings. The van der Waals surface area contributed by atoms with Crippen molar-refractivity contribution in [1.82, 2.24) is 10.6 Å². The highest BCUT2D eigenvalue weighted by molar-refractivity contribution is 5.76. The molecular weight excluding hydrogens is 244 g/mol. The summed E-state index contributed by atoms with van der Waals surface area (Å²) in [5.74, 6) is -0.853. The lowest BCUT2D eigenvalue weighted by atomic mass is 9.86. The first kappa shape index (κ1) is 16.0. The van der Waals surface area contributed by atoms with Gasteiger partial charge in [-0.05, 0) is 32.6 Å². The molecule has 1 aliphatic carbocycles. The van der Waals surface area contributed by atoms with Gasteiger partial charge in [0.25, 0.3) is 0 Å². The van der Waals surface area contributed by atoms with Crippen molar-refractivity contribution < 1.29 is 14.7 Å². The van der Waals surface area contributed by atoms with Gasteiger partial charge in [-0.25, -0.2) is 0 Å². The molecular formula is C14H26N2O3. The zero-order valence-corrected chi connectivity index (χ0v) is 11.9. The number of nitrogens with one attached hydrogen (secondary N) is 2. The average molecular weight is 270 g/mol. The highest BCUT2D eigenvalue weighted by Crippen LogP contribution is 2.24. The Bertz CT molecular complexity index is 307. The normalized spacial score (nSPS) is 24.7. The first-order chi connectivity index (χ1) is 9.02. The van der Waals surface area contributed by atoms with E-state index in [1.807, 2.05) is 13.8 Å². The maximum Gasteiger partial charge on any atom is 0.306 e. The predicted molar refractivity (Wildman–Crippen MR) is 73.9 cm³/mol. The van der Waals surface area contributed by atoms with Gasteiger partial charge in [-0.3, -0.25) is 9.59 Å². The molecule has 0 radical (unpaired) electrons. The van der Waals surface area contributed by atoms with E-state index in [2.05, 4.69) is 10.6 Å². The number of amides is 1. The Kier molecular flexibility index (Phi) is 6.84. The number of carboxylic acid groups (broad SMARTS) is 1. The maximum absolute atomic E-state index is 11.6. The summed E-state index contributed by atoms with van der Waals surface area (Å²) < 4.78 is 0. The fraction of sp³-hybridized carbons (Fsp3) is 0.857. The van der Waals surface area contributed by atoms with Gasteiger partial charge < -0.3 is 15.7 Å². The van der Waals surface area contributed by atoms with Gasteiger partial charge in [0.1, 0.15) is 0 Å². The molecule has 110 valence electrons. The molecule has 0 spiro atoms. The van der Waals surface area contributed by atoms with Gasteiger partial charge in [0.2, 0.25) is 5.91 Å². The summed E-state index contributed by atoms with van der Waals surface area (Å²) >= 11 is 0. The fourth-order valence-electron chi connectivity index (χ4n) is 2.44. The molecule has 1 rings (SSSR count). The fourth-order valence-corrected chi connectivity index (χ4v) is 2.44. The molecule has 19 heavy (non-hydrogen) atoms. The summed E-state index contributed by atoms with van der Waals surface area (Å²) in [5, 5.41) is 15.2. The lowest BCUT2D eigenvalue weighted by Crippen LogP contribution is -2.39. The van der Waals surface area contributed by atoms with Gasteiger partial charge in [-0.2, -0.15) is 0 Å². The Morgan fingerprint density at radius 1 is 1.37 bits per heavy atom. The van der Waals surface area contributed by atoms with Crippen molar-refractivity contribution in [2.24, 2.45) is 5.92 Å². The van der Waals surface area contributed by atoms with E-state index in [-0.39, 0.29) is 23.9 Å². The van der Waals surface area contributed by atoms with Crippen LogP contribution in [0, 0.1) is 5.92 Å². The van der Waals surface area contributed by atoms with Crippen LogP contribution in [0.1, 0.15) is 52.4 Å². The third-order valence-corrected chi connectivity index (χ3v) is 3.83. The van der Waals surface area contributed by atoms with Gasteiger partial charge >= 0.3 is 5.97 Å². The number of carbonyl (C=O) groups excluding carboxylic acids is 1. The first-order valence-electron chi connectivity index (χ1n) is 7.28. The van der Waals surface area contributed by atoms with E-state index < -0.39 is 5.97 Å². The minimum absolute atomic E-state index is 0.0624. The predicted octanol–water partition coefficient (Wildman–Crippen LogP) is 1.52.